The molecule has 110 valence electrons. The summed E-state index contributed by atoms with van der Waals surface area (Å²) >= 11 is 0. The van der Waals surface area contributed by atoms with Crippen LogP contribution in [0.25, 0.3) is 0 Å². The molecule has 5 nitrogen and oxygen atoms in total. The minimum atomic E-state index is -0.335. The fraction of sp³-hybridized carbons (Fsp3) is 0.250. The highest BCUT2D eigenvalue weighted by Gasteiger charge is 2.11. The van der Waals surface area contributed by atoms with Crippen LogP contribution in [0.1, 0.15) is 20.8 Å². The largest absolute Gasteiger partial charge is 0.488 e. The first-order valence-corrected chi connectivity index (χ1v) is 6.70. The molecule has 21 heavy (non-hydrogen) atoms. The van der Waals surface area contributed by atoms with Gasteiger partial charge in [-0.15, -0.1) is 0 Å². The van der Waals surface area contributed by atoms with E-state index < -0.39 is 0 Å². The van der Waals surface area contributed by atoms with E-state index in [0.717, 1.165) is 5.75 Å². The summed E-state index contributed by atoms with van der Waals surface area (Å²) in [5, 5.41) is 5.39. The van der Waals surface area contributed by atoms with Crippen LogP contribution >= 0.6 is 0 Å². The summed E-state index contributed by atoms with van der Waals surface area (Å²) in [4.78, 5) is 15.8. The van der Waals surface area contributed by atoms with Crippen LogP contribution in [-0.2, 0) is 0 Å². The highest BCUT2D eigenvalue weighted by Crippen LogP contribution is 2.20. The van der Waals surface area contributed by atoms with E-state index >= 15 is 0 Å². The number of nitrogens with zero attached hydrogens (tertiary/aromatic N) is 1. The molecule has 0 saturated carbocycles. The Kier molecular flexibility index (Phi) is 4.42. The molecular weight excluding hydrogens is 266 g/mol. The van der Waals surface area contributed by atoms with Crippen molar-refractivity contribution < 1.29 is 9.53 Å². The minimum Gasteiger partial charge on any atom is -0.488 e. The van der Waals surface area contributed by atoms with Gasteiger partial charge in [0.05, 0.1) is 0 Å². The number of anilines is 2. The molecule has 2 rings (SSSR count). The van der Waals surface area contributed by atoms with E-state index in [1.54, 1.807) is 36.5 Å². The second kappa shape index (κ2) is 6.26. The molecule has 1 aromatic carbocycles. The van der Waals surface area contributed by atoms with Gasteiger partial charge >= 0.3 is 6.03 Å². The molecule has 1 aromatic heterocycles. The number of nitrogens with one attached hydrogen (secondary N) is 2. The number of ether oxygens (including phenoxy) is 1. The number of hydrogen-bond acceptors (Lipinski definition) is 3. The second-order valence-electron chi connectivity index (χ2n) is 5.53. The van der Waals surface area contributed by atoms with Crippen molar-refractivity contribution in [2.75, 3.05) is 10.6 Å². The fourth-order valence-corrected chi connectivity index (χ4v) is 1.68. The van der Waals surface area contributed by atoms with Gasteiger partial charge in [-0.25, -0.2) is 9.78 Å². The number of urea groups is 1. The van der Waals surface area contributed by atoms with Crippen molar-refractivity contribution in [3.05, 3.63) is 48.7 Å². The van der Waals surface area contributed by atoms with Gasteiger partial charge in [-0.05, 0) is 57.2 Å². The number of carbonyl (C=O) groups excluding carboxylic acids is 1. The lowest BCUT2D eigenvalue weighted by molar-refractivity contribution is 0.131. The quantitative estimate of drug-likeness (QED) is 0.899. The number of hydrogen-bond donors (Lipinski definition) is 2. The molecule has 0 radical (unpaired) electrons. The van der Waals surface area contributed by atoms with E-state index in [1.165, 1.54) is 0 Å². The molecule has 0 fully saturated rings. The first-order chi connectivity index (χ1) is 9.92. The fourth-order valence-electron chi connectivity index (χ4n) is 1.68. The molecule has 0 aliphatic heterocycles. The van der Waals surface area contributed by atoms with Gasteiger partial charge in [-0.2, -0.15) is 0 Å². The summed E-state index contributed by atoms with van der Waals surface area (Å²) in [6.45, 7) is 5.96. The molecule has 0 unspecified atom stereocenters. The summed E-state index contributed by atoms with van der Waals surface area (Å²) in [7, 11) is 0. The van der Waals surface area contributed by atoms with Gasteiger partial charge in [0.2, 0.25) is 0 Å². The van der Waals surface area contributed by atoms with Crippen molar-refractivity contribution >= 4 is 17.5 Å². The number of pyridine rings is 1. The van der Waals surface area contributed by atoms with Crippen LogP contribution in [0, 0.1) is 0 Å². The van der Waals surface area contributed by atoms with Crippen LogP contribution < -0.4 is 15.4 Å². The van der Waals surface area contributed by atoms with E-state index in [-0.39, 0.29) is 11.6 Å². The van der Waals surface area contributed by atoms with Gasteiger partial charge in [-0.1, -0.05) is 6.07 Å². The third-order valence-corrected chi connectivity index (χ3v) is 2.44. The second-order valence-corrected chi connectivity index (χ2v) is 5.53. The average molecular weight is 285 g/mol. The standard InChI is InChI=1S/C16H19N3O2/c1-16(2,3)21-13-9-7-12(8-10-13)18-15(20)19-14-6-4-5-11-17-14/h4-11H,1-3H3,(H2,17,18,19,20). The van der Waals surface area contributed by atoms with Gasteiger partial charge in [0.1, 0.15) is 17.2 Å². The molecular formula is C16H19N3O2. The van der Waals surface area contributed by atoms with E-state index in [4.69, 9.17) is 4.74 Å². The van der Waals surface area contributed by atoms with Gasteiger partial charge in [-0.3, -0.25) is 5.32 Å². The third-order valence-electron chi connectivity index (χ3n) is 2.44. The maximum atomic E-state index is 11.8. The Morgan fingerprint density at radius 1 is 1.05 bits per heavy atom. The molecule has 0 atom stereocenters. The topological polar surface area (TPSA) is 63.2 Å². The zero-order valence-corrected chi connectivity index (χ0v) is 12.4. The molecule has 2 aromatic rings. The lowest BCUT2D eigenvalue weighted by Crippen LogP contribution is -2.23. The highest BCUT2D eigenvalue weighted by molar-refractivity contribution is 5.99. The predicted octanol–water partition coefficient (Wildman–Crippen LogP) is 3.90. The Hall–Kier alpha value is -2.56. The zero-order valence-electron chi connectivity index (χ0n) is 12.4. The zero-order chi connectivity index (χ0) is 15.3. The number of aromatic nitrogens is 1. The minimum absolute atomic E-state index is 0.245. The number of amides is 2. The van der Waals surface area contributed by atoms with Gasteiger partial charge in [0, 0.05) is 11.9 Å². The van der Waals surface area contributed by atoms with Crippen LogP contribution in [0.2, 0.25) is 0 Å². The first kappa shape index (κ1) is 14.8. The van der Waals surface area contributed by atoms with Crippen molar-refractivity contribution in [2.24, 2.45) is 0 Å². The third kappa shape index (κ3) is 5.14. The van der Waals surface area contributed by atoms with Crippen LogP contribution in [0.3, 0.4) is 0 Å². The molecule has 2 amide bonds. The number of benzene rings is 1. The molecule has 0 aliphatic carbocycles. The highest BCUT2D eigenvalue weighted by atomic mass is 16.5. The van der Waals surface area contributed by atoms with Crippen molar-refractivity contribution in [1.82, 2.24) is 4.98 Å². The average Bonchev–Trinajstić information content (AvgIpc) is 2.40. The van der Waals surface area contributed by atoms with E-state index in [0.29, 0.717) is 11.5 Å². The lowest BCUT2D eigenvalue weighted by Gasteiger charge is -2.21. The molecule has 5 heteroatoms. The van der Waals surface area contributed by atoms with Crippen LogP contribution in [0.4, 0.5) is 16.3 Å². The van der Waals surface area contributed by atoms with Crippen LogP contribution in [0.15, 0.2) is 48.7 Å². The maximum Gasteiger partial charge on any atom is 0.324 e. The molecule has 1 heterocycles. The van der Waals surface area contributed by atoms with Gasteiger partial charge < -0.3 is 10.1 Å². The van der Waals surface area contributed by atoms with Crippen LogP contribution in [0.5, 0.6) is 5.75 Å². The SMILES string of the molecule is CC(C)(C)Oc1ccc(NC(=O)Nc2ccccn2)cc1. The van der Waals surface area contributed by atoms with E-state index in [9.17, 15) is 4.79 Å². The number of carbonyl (C=O) groups is 1. The summed E-state index contributed by atoms with van der Waals surface area (Å²) in [6, 6.07) is 12.2. The maximum absolute atomic E-state index is 11.8. The van der Waals surface area contributed by atoms with Gasteiger partial charge in [0.25, 0.3) is 0 Å². The van der Waals surface area contributed by atoms with E-state index in [2.05, 4.69) is 15.6 Å². The molecule has 2 N–H and O–H groups in total. The molecule has 0 spiro atoms. The normalized spacial score (nSPS) is 10.8. The Morgan fingerprint density at radius 3 is 2.33 bits per heavy atom. The Bertz CT molecular complexity index is 589. The molecule has 0 aliphatic rings. The Labute approximate surface area is 124 Å². The lowest BCUT2D eigenvalue weighted by atomic mass is 10.2. The monoisotopic (exact) mass is 285 g/mol. The molecule has 0 bridgehead atoms. The summed E-state index contributed by atoms with van der Waals surface area (Å²) < 4.78 is 5.72. The van der Waals surface area contributed by atoms with Crippen molar-refractivity contribution in [3.63, 3.8) is 0 Å². The van der Waals surface area contributed by atoms with Crippen LogP contribution in [-0.4, -0.2) is 16.6 Å². The van der Waals surface area contributed by atoms with Crippen molar-refractivity contribution in [1.29, 1.82) is 0 Å². The molecule has 0 saturated heterocycles. The predicted molar refractivity (Wildman–Crippen MR) is 83.7 cm³/mol. The van der Waals surface area contributed by atoms with E-state index in [1.807, 2.05) is 32.9 Å². The smallest absolute Gasteiger partial charge is 0.324 e. The first-order valence-electron chi connectivity index (χ1n) is 6.70. The summed E-state index contributed by atoms with van der Waals surface area (Å²) in [5.74, 6) is 1.26. The Balaban J connectivity index is 1.92. The van der Waals surface area contributed by atoms with Gasteiger partial charge in [0.15, 0.2) is 0 Å². The summed E-state index contributed by atoms with van der Waals surface area (Å²) in [6.07, 6.45) is 1.62. The van der Waals surface area contributed by atoms with Crippen molar-refractivity contribution in [3.8, 4) is 5.75 Å². The Morgan fingerprint density at radius 2 is 1.76 bits per heavy atom. The van der Waals surface area contributed by atoms with Crippen molar-refractivity contribution in [2.45, 2.75) is 26.4 Å². The number of rotatable bonds is 3. The summed E-state index contributed by atoms with van der Waals surface area (Å²) in [5.41, 5.74) is 0.440.